The number of aromatic nitrogens is 3. The van der Waals surface area contributed by atoms with Gasteiger partial charge in [0.2, 0.25) is 5.91 Å². The average Bonchev–Trinajstić information content (AvgIpc) is 3.38. The maximum atomic E-state index is 13.0. The van der Waals surface area contributed by atoms with Gasteiger partial charge in [0.25, 0.3) is 5.91 Å². The number of carbonyl (C=O) groups excluding carboxylic acids is 2. The van der Waals surface area contributed by atoms with Crippen molar-refractivity contribution >= 4 is 29.3 Å². The third-order valence-electron chi connectivity index (χ3n) is 6.09. The van der Waals surface area contributed by atoms with Crippen LogP contribution in [0.25, 0.3) is 5.69 Å². The van der Waals surface area contributed by atoms with Gasteiger partial charge in [0.1, 0.15) is 17.2 Å². The van der Waals surface area contributed by atoms with E-state index in [9.17, 15) is 9.59 Å². The Hall–Kier alpha value is -4.51. The molecule has 2 N–H and O–H groups in total. The summed E-state index contributed by atoms with van der Waals surface area (Å²) in [6.07, 6.45) is 0. The fourth-order valence-electron chi connectivity index (χ4n) is 4.00. The van der Waals surface area contributed by atoms with Crippen LogP contribution in [0.3, 0.4) is 0 Å². The predicted octanol–water partition coefficient (Wildman–Crippen LogP) is 4.57. The van der Waals surface area contributed by atoms with Gasteiger partial charge in [-0.3, -0.25) is 14.2 Å². The van der Waals surface area contributed by atoms with Gasteiger partial charge < -0.3 is 24.8 Å². The van der Waals surface area contributed by atoms with Crippen LogP contribution in [-0.4, -0.2) is 53.7 Å². The second-order valence-corrected chi connectivity index (χ2v) is 9.75. The number of hydrogen-bond donors (Lipinski definition) is 2. The Balaban J connectivity index is 1.61. The molecule has 0 saturated heterocycles. The topological polar surface area (TPSA) is 117 Å². The molecule has 3 aromatic carbocycles. The highest BCUT2D eigenvalue weighted by Gasteiger charge is 2.21. The molecule has 2 amide bonds. The smallest absolute Gasteiger partial charge is 0.255 e. The van der Waals surface area contributed by atoms with Crippen LogP contribution in [0.2, 0.25) is 0 Å². The minimum atomic E-state index is -0.327. The van der Waals surface area contributed by atoms with E-state index in [0.29, 0.717) is 39.5 Å². The number of carbonyl (C=O) groups is 2. The lowest BCUT2D eigenvalue weighted by Crippen LogP contribution is -2.25. The fraction of sp³-hybridized carbons (Fsp3) is 0.241. The summed E-state index contributed by atoms with van der Waals surface area (Å²) in [5, 5.41) is 15.0. The van der Waals surface area contributed by atoms with Crippen molar-refractivity contribution in [2.45, 2.75) is 25.5 Å². The molecule has 0 bridgehead atoms. The molecule has 40 heavy (non-hydrogen) atoms. The second kappa shape index (κ2) is 13.0. The first-order valence-electron chi connectivity index (χ1n) is 12.4. The summed E-state index contributed by atoms with van der Waals surface area (Å²) < 4.78 is 18.1. The van der Waals surface area contributed by atoms with Crippen molar-refractivity contribution in [3.63, 3.8) is 0 Å². The SMILES string of the molecule is COc1ccc(OC)c(-n2c(CNC(=O)c3ccccc3OC)nnc2SCC(=O)Nc2cc(C)ccc2C)c1. The lowest BCUT2D eigenvalue weighted by atomic mass is 10.1. The Morgan fingerprint density at radius 1 is 0.900 bits per heavy atom. The molecule has 4 rings (SSSR count). The lowest BCUT2D eigenvalue weighted by molar-refractivity contribution is -0.113. The van der Waals surface area contributed by atoms with Gasteiger partial charge in [-0.05, 0) is 55.3 Å². The molecule has 0 aliphatic carbocycles. The zero-order valence-electron chi connectivity index (χ0n) is 23.0. The largest absolute Gasteiger partial charge is 0.497 e. The maximum absolute atomic E-state index is 13.0. The second-order valence-electron chi connectivity index (χ2n) is 8.81. The van der Waals surface area contributed by atoms with Crippen molar-refractivity contribution in [2.75, 3.05) is 32.4 Å². The van der Waals surface area contributed by atoms with Crippen molar-refractivity contribution in [3.8, 4) is 22.9 Å². The van der Waals surface area contributed by atoms with Crippen LogP contribution in [-0.2, 0) is 11.3 Å². The van der Waals surface area contributed by atoms with Gasteiger partial charge in [-0.1, -0.05) is 36.0 Å². The maximum Gasteiger partial charge on any atom is 0.255 e. The molecule has 0 radical (unpaired) electrons. The van der Waals surface area contributed by atoms with E-state index >= 15 is 0 Å². The van der Waals surface area contributed by atoms with E-state index in [4.69, 9.17) is 14.2 Å². The molecular formula is C29H31N5O5S. The Kier molecular flexibility index (Phi) is 9.28. The predicted molar refractivity (Wildman–Crippen MR) is 154 cm³/mol. The van der Waals surface area contributed by atoms with Gasteiger partial charge in [-0.15, -0.1) is 10.2 Å². The van der Waals surface area contributed by atoms with Gasteiger partial charge in [-0.2, -0.15) is 0 Å². The number of thioether (sulfide) groups is 1. The van der Waals surface area contributed by atoms with Crippen LogP contribution in [0.4, 0.5) is 5.69 Å². The number of aryl methyl sites for hydroxylation is 2. The van der Waals surface area contributed by atoms with E-state index in [1.807, 2.05) is 32.0 Å². The fourth-order valence-corrected chi connectivity index (χ4v) is 4.76. The van der Waals surface area contributed by atoms with Crippen LogP contribution in [0, 0.1) is 13.8 Å². The molecule has 0 saturated carbocycles. The molecule has 1 heterocycles. The van der Waals surface area contributed by atoms with E-state index in [1.54, 1.807) is 61.3 Å². The minimum absolute atomic E-state index is 0.0550. The number of nitrogens with one attached hydrogen (secondary N) is 2. The molecule has 0 atom stereocenters. The Morgan fingerprint density at radius 3 is 2.42 bits per heavy atom. The standard InChI is InChI=1S/C29H31N5O5S/c1-18-10-11-19(2)22(14-18)31-27(35)17-40-29-33-32-26(16-30-28(36)21-8-6-7-9-24(21)38-4)34(29)23-15-20(37-3)12-13-25(23)39-5/h6-15H,16-17H2,1-5H3,(H,30,36)(H,31,35). The van der Waals surface area contributed by atoms with Gasteiger partial charge in [0.15, 0.2) is 11.0 Å². The van der Waals surface area contributed by atoms with E-state index in [1.165, 1.54) is 18.9 Å². The van der Waals surface area contributed by atoms with E-state index in [0.717, 1.165) is 16.8 Å². The molecule has 0 unspecified atom stereocenters. The number of amides is 2. The molecule has 1 aromatic heterocycles. The summed E-state index contributed by atoms with van der Waals surface area (Å²) >= 11 is 1.22. The van der Waals surface area contributed by atoms with Gasteiger partial charge in [0, 0.05) is 11.8 Å². The summed E-state index contributed by atoms with van der Waals surface area (Å²) in [5.74, 6) is 1.61. The third-order valence-corrected chi connectivity index (χ3v) is 7.01. The normalized spacial score (nSPS) is 10.6. The summed E-state index contributed by atoms with van der Waals surface area (Å²) in [4.78, 5) is 25.8. The first-order chi connectivity index (χ1) is 19.3. The Bertz CT molecular complexity index is 1520. The first kappa shape index (κ1) is 28.5. The molecule has 11 heteroatoms. The van der Waals surface area contributed by atoms with E-state index in [-0.39, 0.29) is 24.1 Å². The quantitative estimate of drug-likeness (QED) is 0.256. The van der Waals surface area contributed by atoms with Gasteiger partial charge in [0.05, 0.1) is 44.9 Å². The molecule has 0 spiro atoms. The number of methoxy groups -OCH3 is 3. The molecular weight excluding hydrogens is 530 g/mol. The summed E-state index contributed by atoms with van der Waals surface area (Å²) in [5.41, 5.74) is 3.79. The number of ether oxygens (including phenoxy) is 3. The average molecular weight is 562 g/mol. The molecule has 0 aliphatic rings. The Morgan fingerprint density at radius 2 is 1.68 bits per heavy atom. The number of hydrogen-bond acceptors (Lipinski definition) is 8. The van der Waals surface area contributed by atoms with Crippen LogP contribution in [0.1, 0.15) is 27.3 Å². The monoisotopic (exact) mass is 561 g/mol. The van der Waals surface area contributed by atoms with Crippen LogP contribution < -0.4 is 24.8 Å². The first-order valence-corrected chi connectivity index (χ1v) is 13.4. The zero-order valence-corrected chi connectivity index (χ0v) is 23.8. The molecule has 0 aliphatic heterocycles. The highest BCUT2D eigenvalue weighted by atomic mass is 32.2. The molecule has 208 valence electrons. The number of nitrogens with zero attached hydrogens (tertiary/aromatic N) is 3. The van der Waals surface area contributed by atoms with Gasteiger partial charge in [-0.25, -0.2) is 0 Å². The van der Waals surface area contributed by atoms with Crippen molar-refractivity contribution in [1.82, 2.24) is 20.1 Å². The lowest BCUT2D eigenvalue weighted by Gasteiger charge is -2.16. The summed E-state index contributed by atoms with van der Waals surface area (Å²) in [6.45, 7) is 3.97. The third kappa shape index (κ3) is 6.55. The Labute approximate surface area is 237 Å². The van der Waals surface area contributed by atoms with E-state index < -0.39 is 0 Å². The van der Waals surface area contributed by atoms with Crippen molar-refractivity contribution in [2.24, 2.45) is 0 Å². The van der Waals surface area contributed by atoms with Crippen molar-refractivity contribution in [1.29, 1.82) is 0 Å². The number of anilines is 1. The summed E-state index contributed by atoms with van der Waals surface area (Å²) in [7, 11) is 4.64. The zero-order chi connectivity index (χ0) is 28.6. The van der Waals surface area contributed by atoms with Crippen molar-refractivity contribution in [3.05, 3.63) is 83.2 Å². The summed E-state index contributed by atoms with van der Waals surface area (Å²) in [6, 6.07) is 18.2. The molecule has 0 fully saturated rings. The van der Waals surface area contributed by atoms with Crippen LogP contribution in [0.5, 0.6) is 17.2 Å². The number of para-hydroxylation sites is 1. The number of benzene rings is 3. The number of rotatable bonds is 11. The minimum Gasteiger partial charge on any atom is -0.497 e. The van der Waals surface area contributed by atoms with Crippen molar-refractivity contribution < 1.29 is 23.8 Å². The molecule has 4 aromatic rings. The van der Waals surface area contributed by atoms with E-state index in [2.05, 4.69) is 20.8 Å². The van der Waals surface area contributed by atoms with Crippen LogP contribution >= 0.6 is 11.8 Å². The highest BCUT2D eigenvalue weighted by Crippen LogP contribution is 2.32. The van der Waals surface area contributed by atoms with Gasteiger partial charge >= 0.3 is 0 Å². The van der Waals surface area contributed by atoms with Crippen LogP contribution in [0.15, 0.2) is 65.8 Å². The molecule has 10 nitrogen and oxygen atoms in total. The highest BCUT2D eigenvalue weighted by molar-refractivity contribution is 7.99.